The van der Waals surface area contributed by atoms with Crippen molar-refractivity contribution in [2.24, 2.45) is 0 Å². The number of benzene rings is 1. The van der Waals surface area contributed by atoms with Gasteiger partial charge in [0.05, 0.1) is 18.4 Å². The molecule has 0 aliphatic carbocycles. The van der Waals surface area contributed by atoms with Crippen LogP contribution in [0.5, 0.6) is 11.5 Å². The quantitative estimate of drug-likeness (QED) is 0.361. The number of esters is 3. The Kier molecular flexibility index (Phi) is 6.36. The van der Waals surface area contributed by atoms with Crippen molar-refractivity contribution in [3.63, 3.8) is 0 Å². The van der Waals surface area contributed by atoms with E-state index in [1.54, 1.807) is 0 Å². The Morgan fingerprint density at radius 3 is 2.38 bits per heavy atom. The molecule has 2 rings (SSSR count). The van der Waals surface area contributed by atoms with Crippen LogP contribution in [0.3, 0.4) is 0 Å². The molecule has 1 saturated heterocycles. The van der Waals surface area contributed by atoms with Gasteiger partial charge in [-0.15, -0.1) is 0 Å². The zero-order valence-corrected chi connectivity index (χ0v) is 13.6. The number of para-hydroxylation sites is 1. The number of phenols is 2. The molecule has 3 N–H and O–H groups in total. The zero-order chi connectivity index (χ0) is 19.1. The van der Waals surface area contributed by atoms with Gasteiger partial charge in [-0.2, -0.15) is 0 Å². The summed E-state index contributed by atoms with van der Waals surface area (Å²) in [4.78, 5) is 47.2. The number of ether oxygens (including phenoxy) is 3. The van der Waals surface area contributed by atoms with E-state index in [4.69, 9.17) is 14.2 Å². The summed E-state index contributed by atoms with van der Waals surface area (Å²) in [6.07, 6.45) is -0.399. The van der Waals surface area contributed by atoms with Gasteiger partial charge in [0, 0.05) is 0 Å². The highest BCUT2D eigenvalue weighted by Gasteiger charge is 2.27. The van der Waals surface area contributed by atoms with Crippen molar-refractivity contribution in [3.8, 4) is 11.5 Å². The summed E-state index contributed by atoms with van der Waals surface area (Å²) in [5.74, 6) is -4.36. The van der Waals surface area contributed by atoms with Crippen LogP contribution >= 0.6 is 0 Å². The molecule has 0 spiro atoms. The maximum absolute atomic E-state index is 12.2. The molecule has 10 heteroatoms. The maximum Gasteiger partial charge on any atom is 0.332 e. The number of phenolic OH excluding ortho intramolecular Hbond substituents is 2. The van der Waals surface area contributed by atoms with E-state index >= 15 is 0 Å². The van der Waals surface area contributed by atoms with Crippen LogP contribution in [0.15, 0.2) is 18.2 Å². The molecule has 0 bridgehead atoms. The molecule has 0 aromatic heterocycles. The molecule has 1 aliphatic rings. The Morgan fingerprint density at radius 2 is 1.65 bits per heavy atom. The third-order valence-electron chi connectivity index (χ3n) is 3.38. The molecule has 26 heavy (non-hydrogen) atoms. The van der Waals surface area contributed by atoms with Gasteiger partial charge in [0.25, 0.3) is 5.91 Å². The first kappa shape index (κ1) is 19.0. The standard InChI is InChI=1S/C16H17NO9/c18-11-3-1-2-9(14(11)21)15(22)17-10-8-26-13(20)4-6-24-12(19)5-7-25-16(10)23/h1-3,10,18,21H,4-8H2,(H,17,22)/t10-/m0/s1. The summed E-state index contributed by atoms with van der Waals surface area (Å²) < 4.78 is 14.5. The van der Waals surface area contributed by atoms with E-state index < -0.39 is 48.0 Å². The van der Waals surface area contributed by atoms with Gasteiger partial charge < -0.3 is 29.7 Å². The highest BCUT2D eigenvalue weighted by atomic mass is 16.6. The van der Waals surface area contributed by atoms with Crippen LogP contribution in [0.2, 0.25) is 0 Å². The first-order chi connectivity index (χ1) is 12.4. The van der Waals surface area contributed by atoms with Gasteiger partial charge in [0.15, 0.2) is 17.5 Å². The molecular weight excluding hydrogens is 350 g/mol. The predicted octanol–water partition coefficient (Wildman–Crippen LogP) is -0.380. The molecule has 1 fully saturated rings. The first-order valence-electron chi connectivity index (χ1n) is 7.68. The Bertz CT molecular complexity index is 716. The summed E-state index contributed by atoms with van der Waals surface area (Å²) >= 11 is 0. The number of cyclic esters (lactones) is 3. The van der Waals surface area contributed by atoms with E-state index in [-0.39, 0.29) is 31.6 Å². The lowest BCUT2D eigenvalue weighted by Crippen LogP contribution is -2.45. The normalized spacial score (nSPS) is 19.2. The minimum atomic E-state index is -1.36. The van der Waals surface area contributed by atoms with Crippen LogP contribution in [-0.2, 0) is 28.6 Å². The molecule has 0 saturated carbocycles. The van der Waals surface area contributed by atoms with Crippen molar-refractivity contribution in [3.05, 3.63) is 23.8 Å². The summed E-state index contributed by atoms with van der Waals surface area (Å²) in [5.41, 5.74) is -0.279. The Morgan fingerprint density at radius 1 is 1.00 bits per heavy atom. The van der Waals surface area contributed by atoms with Crippen LogP contribution in [0.1, 0.15) is 23.2 Å². The number of nitrogens with one attached hydrogen (secondary N) is 1. The maximum atomic E-state index is 12.2. The van der Waals surface area contributed by atoms with Gasteiger partial charge in [0.1, 0.15) is 19.8 Å². The van der Waals surface area contributed by atoms with Crippen LogP contribution in [0.4, 0.5) is 0 Å². The van der Waals surface area contributed by atoms with Crippen molar-refractivity contribution in [1.29, 1.82) is 0 Å². The highest BCUT2D eigenvalue weighted by molar-refractivity contribution is 5.99. The minimum absolute atomic E-state index is 0.167. The number of carbonyl (C=O) groups excluding carboxylic acids is 4. The van der Waals surface area contributed by atoms with Crippen LogP contribution < -0.4 is 5.32 Å². The van der Waals surface area contributed by atoms with Gasteiger partial charge in [-0.05, 0) is 12.1 Å². The second-order valence-corrected chi connectivity index (χ2v) is 5.27. The van der Waals surface area contributed by atoms with E-state index in [1.165, 1.54) is 18.2 Å². The Hall–Kier alpha value is -3.30. The fourth-order valence-corrected chi connectivity index (χ4v) is 2.02. The molecule has 1 heterocycles. The lowest BCUT2D eigenvalue weighted by atomic mass is 10.1. The second-order valence-electron chi connectivity index (χ2n) is 5.27. The number of amides is 1. The molecule has 1 amide bonds. The van der Waals surface area contributed by atoms with Crippen LogP contribution in [0, 0.1) is 0 Å². The van der Waals surface area contributed by atoms with E-state index in [9.17, 15) is 29.4 Å². The van der Waals surface area contributed by atoms with E-state index in [2.05, 4.69) is 5.32 Å². The van der Waals surface area contributed by atoms with Crippen molar-refractivity contribution in [1.82, 2.24) is 5.32 Å². The van der Waals surface area contributed by atoms with Crippen molar-refractivity contribution in [2.45, 2.75) is 18.9 Å². The lowest BCUT2D eigenvalue weighted by molar-refractivity contribution is -0.157. The van der Waals surface area contributed by atoms with Crippen molar-refractivity contribution < 1.29 is 43.6 Å². The predicted molar refractivity (Wildman–Crippen MR) is 83.1 cm³/mol. The van der Waals surface area contributed by atoms with Gasteiger partial charge in [-0.3, -0.25) is 14.4 Å². The molecule has 1 aromatic rings. The SMILES string of the molecule is O=C1CCOC(=O)[C@@H](NC(=O)c2cccc(O)c2O)COC(=O)CCO1. The average molecular weight is 367 g/mol. The summed E-state index contributed by atoms with van der Waals surface area (Å²) in [6.45, 7) is -0.938. The van der Waals surface area contributed by atoms with Crippen molar-refractivity contribution >= 4 is 23.8 Å². The van der Waals surface area contributed by atoms with Gasteiger partial charge in [-0.1, -0.05) is 6.07 Å². The number of aromatic hydroxyl groups is 2. The summed E-state index contributed by atoms with van der Waals surface area (Å²) in [5, 5.41) is 21.4. The topological polar surface area (TPSA) is 148 Å². The largest absolute Gasteiger partial charge is 0.504 e. The highest BCUT2D eigenvalue weighted by Crippen LogP contribution is 2.28. The van der Waals surface area contributed by atoms with E-state index in [0.717, 1.165) is 0 Å². The molecule has 10 nitrogen and oxygen atoms in total. The summed E-state index contributed by atoms with van der Waals surface area (Å²) in [6, 6.07) is 2.38. The molecule has 1 atom stereocenters. The molecule has 1 aliphatic heterocycles. The monoisotopic (exact) mass is 367 g/mol. The third kappa shape index (κ3) is 5.10. The Labute approximate surface area is 147 Å². The number of hydrogen-bond acceptors (Lipinski definition) is 9. The number of hydrogen-bond donors (Lipinski definition) is 3. The first-order valence-corrected chi connectivity index (χ1v) is 7.68. The van der Waals surface area contributed by atoms with Crippen LogP contribution in [0.25, 0.3) is 0 Å². The van der Waals surface area contributed by atoms with Gasteiger partial charge in [-0.25, -0.2) is 4.79 Å². The fourth-order valence-electron chi connectivity index (χ4n) is 2.02. The average Bonchev–Trinajstić information content (AvgIpc) is 2.59. The second kappa shape index (κ2) is 8.70. The van der Waals surface area contributed by atoms with Gasteiger partial charge in [0.2, 0.25) is 0 Å². The van der Waals surface area contributed by atoms with Crippen molar-refractivity contribution in [2.75, 3.05) is 19.8 Å². The molecule has 0 unspecified atom stereocenters. The number of rotatable bonds is 2. The van der Waals surface area contributed by atoms with Gasteiger partial charge >= 0.3 is 17.9 Å². The third-order valence-corrected chi connectivity index (χ3v) is 3.38. The molecule has 140 valence electrons. The minimum Gasteiger partial charge on any atom is -0.504 e. The number of carbonyl (C=O) groups is 4. The van der Waals surface area contributed by atoms with E-state index in [0.29, 0.717) is 0 Å². The summed E-state index contributed by atoms with van der Waals surface area (Å²) in [7, 11) is 0. The zero-order valence-electron chi connectivity index (χ0n) is 13.6. The van der Waals surface area contributed by atoms with E-state index in [1.807, 2.05) is 0 Å². The fraction of sp³-hybridized carbons (Fsp3) is 0.375. The Balaban J connectivity index is 2.11. The molecule has 0 radical (unpaired) electrons. The molecular formula is C16H17NO9. The smallest absolute Gasteiger partial charge is 0.332 e. The molecule has 1 aromatic carbocycles. The lowest BCUT2D eigenvalue weighted by Gasteiger charge is -2.19. The van der Waals surface area contributed by atoms with Crippen LogP contribution in [-0.4, -0.2) is 59.9 Å².